The van der Waals surface area contributed by atoms with Crippen molar-refractivity contribution in [3.63, 3.8) is 0 Å². The standard InChI is InChI=1S/C21H19F3N4OS/c1-4-28-20(29)30-12(2)18(26-28)13-8-9-17-16(11-13)25-19(27(17)3)14-6-5-7-15(10-14)21(22,23)24/h5-12H,4H2,1-3H3. The van der Waals surface area contributed by atoms with Crippen molar-refractivity contribution < 1.29 is 18.0 Å². The third kappa shape index (κ3) is 3.58. The highest BCUT2D eigenvalue weighted by atomic mass is 32.2. The Morgan fingerprint density at radius 3 is 2.60 bits per heavy atom. The topological polar surface area (TPSA) is 50.5 Å². The van der Waals surface area contributed by atoms with Crippen molar-refractivity contribution in [2.45, 2.75) is 25.3 Å². The molecule has 1 amide bonds. The number of nitrogens with zero attached hydrogens (tertiary/aromatic N) is 4. The van der Waals surface area contributed by atoms with Crippen LogP contribution in [0.4, 0.5) is 18.0 Å². The molecule has 9 heteroatoms. The molecule has 0 spiro atoms. The number of halogens is 3. The van der Waals surface area contributed by atoms with Gasteiger partial charge in [0.2, 0.25) is 0 Å². The Morgan fingerprint density at radius 2 is 1.90 bits per heavy atom. The fourth-order valence-electron chi connectivity index (χ4n) is 3.46. The highest BCUT2D eigenvalue weighted by Gasteiger charge is 2.31. The zero-order chi connectivity index (χ0) is 21.6. The number of carbonyl (C=O) groups excluding carboxylic acids is 1. The predicted molar refractivity (Wildman–Crippen MR) is 113 cm³/mol. The molecule has 0 saturated carbocycles. The van der Waals surface area contributed by atoms with Crippen molar-refractivity contribution in [2.24, 2.45) is 12.1 Å². The number of amides is 1. The summed E-state index contributed by atoms with van der Waals surface area (Å²) in [6, 6.07) is 10.8. The van der Waals surface area contributed by atoms with Crippen LogP contribution >= 0.6 is 11.8 Å². The molecule has 0 fully saturated rings. The highest BCUT2D eigenvalue weighted by molar-refractivity contribution is 8.14. The maximum absolute atomic E-state index is 13.1. The molecule has 156 valence electrons. The minimum Gasteiger partial charge on any atom is -0.327 e. The number of rotatable bonds is 3. The highest BCUT2D eigenvalue weighted by Crippen LogP contribution is 2.33. The van der Waals surface area contributed by atoms with Gasteiger partial charge in [-0.2, -0.15) is 18.3 Å². The summed E-state index contributed by atoms with van der Waals surface area (Å²) in [5.41, 5.74) is 2.75. The molecule has 1 atom stereocenters. The van der Waals surface area contributed by atoms with E-state index in [-0.39, 0.29) is 10.5 Å². The van der Waals surface area contributed by atoms with Crippen LogP contribution in [0.3, 0.4) is 0 Å². The lowest BCUT2D eigenvalue weighted by molar-refractivity contribution is -0.137. The SMILES string of the molecule is CCN1N=C(c2ccc3c(c2)nc(-c2cccc(C(F)(F)F)c2)n3C)C(C)SC1=O. The minimum absolute atomic E-state index is 0.0838. The van der Waals surface area contributed by atoms with Crippen LogP contribution in [-0.2, 0) is 13.2 Å². The van der Waals surface area contributed by atoms with Crippen molar-refractivity contribution in [3.8, 4) is 11.4 Å². The third-order valence-corrected chi connectivity index (χ3v) is 6.02. The van der Waals surface area contributed by atoms with Crippen molar-refractivity contribution >= 4 is 33.7 Å². The molecule has 3 aromatic rings. The zero-order valence-electron chi connectivity index (χ0n) is 16.6. The molecule has 0 radical (unpaired) electrons. The first kappa shape index (κ1) is 20.5. The molecular weight excluding hydrogens is 413 g/mol. The second-order valence-electron chi connectivity index (χ2n) is 7.00. The Kier molecular flexibility index (Phi) is 5.09. The zero-order valence-corrected chi connectivity index (χ0v) is 17.4. The first-order chi connectivity index (χ1) is 14.2. The van der Waals surface area contributed by atoms with E-state index in [2.05, 4.69) is 10.1 Å². The van der Waals surface area contributed by atoms with Crippen molar-refractivity contribution in [2.75, 3.05) is 6.54 Å². The fourth-order valence-corrected chi connectivity index (χ4v) is 4.35. The second kappa shape index (κ2) is 7.46. The number of carbonyl (C=O) groups is 1. The molecule has 1 aliphatic heterocycles. The van der Waals surface area contributed by atoms with Gasteiger partial charge in [0, 0.05) is 24.7 Å². The lowest BCUT2D eigenvalue weighted by Gasteiger charge is -2.26. The predicted octanol–water partition coefficient (Wildman–Crippen LogP) is 5.54. The van der Waals surface area contributed by atoms with E-state index in [1.54, 1.807) is 17.7 Å². The molecule has 0 aliphatic carbocycles. The second-order valence-corrected chi connectivity index (χ2v) is 8.30. The molecule has 30 heavy (non-hydrogen) atoms. The molecule has 1 aromatic heterocycles. The van der Waals surface area contributed by atoms with Gasteiger partial charge in [0.15, 0.2) is 0 Å². The molecule has 0 saturated heterocycles. The van der Waals surface area contributed by atoms with Gasteiger partial charge >= 0.3 is 11.4 Å². The summed E-state index contributed by atoms with van der Waals surface area (Å²) in [6.07, 6.45) is -4.41. The number of hydrazone groups is 1. The van der Waals surface area contributed by atoms with Gasteiger partial charge in [-0.15, -0.1) is 0 Å². The Morgan fingerprint density at radius 1 is 1.13 bits per heavy atom. The summed E-state index contributed by atoms with van der Waals surface area (Å²) < 4.78 is 41.1. The number of aromatic nitrogens is 2. The average Bonchev–Trinajstić information content (AvgIpc) is 3.03. The minimum atomic E-state index is -4.41. The lowest BCUT2D eigenvalue weighted by atomic mass is 10.1. The summed E-state index contributed by atoms with van der Waals surface area (Å²) in [5.74, 6) is 0.451. The van der Waals surface area contributed by atoms with Gasteiger partial charge in [-0.1, -0.05) is 30.0 Å². The maximum Gasteiger partial charge on any atom is 0.416 e. The van der Waals surface area contributed by atoms with Crippen LogP contribution in [0.5, 0.6) is 0 Å². The van der Waals surface area contributed by atoms with Gasteiger partial charge in [0.25, 0.3) is 0 Å². The maximum atomic E-state index is 13.1. The molecule has 2 aromatic carbocycles. The van der Waals surface area contributed by atoms with E-state index in [4.69, 9.17) is 0 Å². The van der Waals surface area contributed by atoms with Gasteiger partial charge in [0.1, 0.15) is 5.82 Å². The van der Waals surface area contributed by atoms with Gasteiger partial charge in [-0.05, 0) is 38.1 Å². The first-order valence-corrected chi connectivity index (χ1v) is 10.3. The number of fused-ring (bicyclic) bond motifs is 1. The van der Waals surface area contributed by atoms with Gasteiger partial charge in [0.05, 0.1) is 27.6 Å². The summed E-state index contributed by atoms with van der Waals surface area (Å²) in [5, 5.41) is 5.72. The van der Waals surface area contributed by atoms with Crippen molar-refractivity contribution in [1.29, 1.82) is 0 Å². The van der Waals surface area contributed by atoms with Crippen molar-refractivity contribution in [1.82, 2.24) is 14.6 Å². The van der Waals surface area contributed by atoms with Crippen LogP contribution < -0.4 is 0 Å². The number of aryl methyl sites for hydroxylation is 1. The number of hydrogen-bond acceptors (Lipinski definition) is 4. The normalized spacial score (nSPS) is 17.5. The Hall–Kier alpha value is -2.81. The Labute approximate surface area is 175 Å². The lowest BCUT2D eigenvalue weighted by Crippen LogP contribution is -2.33. The van der Waals surface area contributed by atoms with Gasteiger partial charge in [-0.3, -0.25) is 4.79 Å². The Balaban J connectivity index is 1.79. The quantitative estimate of drug-likeness (QED) is 0.546. The van der Waals surface area contributed by atoms with Gasteiger partial charge in [-0.25, -0.2) is 9.99 Å². The summed E-state index contributed by atoms with van der Waals surface area (Å²) in [6.45, 7) is 4.26. The summed E-state index contributed by atoms with van der Waals surface area (Å²) in [7, 11) is 1.78. The van der Waals surface area contributed by atoms with Crippen LogP contribution in [0.2, 0.25) is 0 Å². The van der Waals surface area contributed by atoms with E-state index in [9.17, 15) is 18.0 Å². The van der Waals surface area contributed by atoms with E-state index >= 15 is 0 Å². The smallest absolute Gasteiger partial charge is 0.327 e. The number of benzene rings is 2. The van der Waals surface area contributed by atoms with E-state index in [1.165, 1.54) is 22.8 Å². The van der Waals surface area contributed by atoms with Crippen LogP contribution in [0.15, 0.2) is 47.6 Å². The van der Waals surface area contributed by atoms with E-state index < -0.39 is 11.7 Å². The average molecular weight is 432 g/mol. The summed E-state index contributed by atoms with van der Waals surface area (Å²) >= 11 is 1.22. The van der Waals surface area contributed by atoms with Crippen LogP contribution in [0, 0.1) is 0 Å². The van der Waals surface area contributed by atoms with E-state index in [0.29, 0.717) is 23.4 Å². The summed E-state index contributed by atoms with van der Waals surface area (Å²) in [4.78, 5) is 16.6. The molecule has 1 unspecified atom stereocenters. The molecule has 4 rings (SSSR count). The molecule has 2 heterocycles. The molecule has 0 N–H and O–H groups in total. The number of alkyl halides is 3. The number of imidazole rings is 1. The van der Waals surface area contributed by atoms with Crippen LogP contribution in [0.25, 0.3) is 22.4 Å². The molecular formula is C21H19F3N4OS. The monoisotopic (exact) mass is 432 g/mol. The van der Waals surface area contributed by atoms with Crippen molar-refractivity contribution in [3.05, 3.63) is 53.6 Å². The van der Waals surface area contributed by atoms with Crippen LogP contribution in [-0.4, -0.2) is 37.3 Å². The van der Waals surface area contributed by atoms with Gasteiger partial charge < -0.3 is 4.57 Å². The molecule has 1 aliphatic rings. The number of hydrogen-bond donors (Lipinski definition) is 0. The van der Waals surface area contributed by atoms with E-state index in [0.717, 1.165) is 28.9 Å². The number of thioether (sulfide) groups is 1. The van der Waals surface area contributed by atoms with Crippen LogP contribution in [0.1, 0.15) is 25.0 Å². The first-order valence-electron chi connectivity index (χ1n) is 9.40. The molecule has 0 bridgehead atoms. The fraction of sp³-hybridized carbons (Fsp3) is 0.286. The Bertz CT molecular complexity index is 1170. The van der Waals surface area contributed by atoms with E-state index in [1.807, 2.05) is 32.0 Å². The third-order valence-electron chi connectivity index (χ3n) is 5.03. The largest absolute Gasteiger partial charge is 0.416 e. The molecule has 5 nitrogen and oxygen atoms in total.